The van der Waals surface area contributed by atoms with Gasteiger partial charge in [-0.25, -0.2) is 0 Å². The third-order valence-electron chi connectivity index (χ3n) is 4.06. The van der Waals surface area contributed by atoms with Crippen molar-refractivity contribution in [3.05, 3.63) is 0 Å². The van der Waals surface area contributed by atoms with Crippen molar-refractivity contribution in [3.63, 3.8) is 0 Å². The summed E-state index contributed by atoms with van der Waals surface area (Å²) in [5, 5.41) is 1.66. The second-order valence-corrected chi connectivity index (χ2v) is 7.70. The highest BCUT2D eigenvalue weighted by molar-refractivity contribution is 8.00. The van der Waals surface area contributed by atoms with Crippen molar-refractivity contribution in [2.45, 2.75) is 75.3 Å². The molecule has 0 aromatic heterocycles. The molecule has 0 aromatic carbocycles. The van der Waals surface area contributed by atoms with Gasteiger partial charge in [-0.2, -0.15) is 11.8 Å². The lowest BCUT2D eigenvalue weighted by Crippen LogP contribution is -2.42. The van der Waals surface area contributed by atoms with Crippen molar-refractivity contribution in [3.8, 4) is 0 Å². The molecule has 2 unspecified atom stereocenters. The van der Waals surface area contributed by atoms with Gasteiger partial charge in [0.1, 0.15) is 0 Å². The minimum absolute atomic E-state index is 0.462. The average Bonchev–Trinajstić information content (AvgIpc) is 2.64. The molecule has 0 bridgehead atoms. The first-order valence-electron chi connectivity index (χ1n) is 6.48. The zero-order chi connectivity index (χ0) is 10.9. The van der Waals surface area contributed by atoms with E-state index in [9.17, 15) is 0 Å². The van der Waals surface area contributed by atoms with Crippen molar-refractivity contribution >= 4 is 11.8 Å². The van der Waals surface area contributed by atoms with E-state index in [0.29, 0.717) is 11.5 Å². The molecular formula is C13H25NS. The fourth-order valence-electron chi connectivity index (χ4n) is 2.96. The average molecular weight is 227 g/mol. The molecule has 0 radical (unpaired) electrons. The number of nitrogens with two attached hydrogens (primary N) is 1. The van der Waals surface area contributed by atoms with Gasteiger partial charge in [0, 0.05) is 16.5 Å². The van der Waals surface area contributed by atoms with E-state index in [1.807, 2.05) is 0 Å². The van der Waals surface area contributed by atoms with Gasteiger partial charge in [0.15, 0.2) is 0 Å². The van der Waals surface area contributed by atoms with E-state index in [0.717, 1.165) is 10.5 Å². The maximum atomic E-state index is 6.26. The van der Waals surface area contributed by atoms with Crippen LogP contribution in [0.4, 0.5) is 0 Å². The quantitative estimate of drug-likeness (QED) is 0.780. The summed E-state index contributed by atoms with van der Waals surface area (Å²) in [6.45, 7) is 4.81. The van der Waals surface area contributed by atoms with Crippen molar-refractivity contribution < 1.29 is 0 Å². The Morgan fingerprint density at radius 3 is 2.47 bits per heavy atom. The van der Waals surface area contributed by atoms with Gasteiger partial charge in [0.2, 0.25) is 0 Å². The van der Waals surface area contributed by atoms with Crippen molar-refractivity contribution in [2.24, 2.45) is 11.1 Å². The van der Waals surface area contributed by atoms with E-state index < -0.39 is 0 Å². The molecule has 88 valence electrons. The standard InChI is InChI=1S/C13H25NS/c1-13(2)8-7-11(14)12(9-13)15-10-5-3-4-6-10/h10-12H,3-9,14H2,1-2H3. The summed E-state index contributed by atoms with van der Waals surface area (Å²) in [6, 6.07) is 0.462. The Morgan fingerprint density at radius 1 is 1.13 bits per heavy atom. The maximum absolute atomic E-state index is 6.26. The number of rotatable bonds is 2. The van der Waals surface area contributed by atoms with Crippen LogP contribution in [-0.2, 0) is 0 Å². The summed E-state index contributed by atoms with van der Waals surface area (Å²) in [6.07, 6.45) is 9.65. The zero-order valence-corrected chi connectivity index (χ0v) is 11.0. The van der Waals surface area contributed by atoms with E-state index >= 15 is 0 Å². The highest BCUT2D eigenvalue weighted by Crippen LogP contribution is 2.43. The monoisotopic (exact) mass is 227 g/mol. The lowest BCUT2D eigenvalue weighted by molar-refractivity contribution is 0.232. The Balaban J connectivity index is 1.88. The molecular weight excluding hydrogens is 202 g/mol. The summed E-state index contributed by atoms with van der Waals surface area (Å²) in [5.41, 5.74) is 6.79. The molecule has 0 aromatic rings. The second kappa shape index (κ2) is 4.67. The summed E-state index contributed by atoms with van der Waals surface area (Å²) in [5.74, 6) is 0. The van der Waals surface area contributed by atoms with Crippen LogP contribution in [0.15, 0.2) is 0 Å². The Bertz CT molecular complexity index is 209. The molecule has 2 heteroatoms. The van der Waals surface area contributed by atoms with Crippen LogP contribution in [0.5, 0.6) is 0 Å². The van der Waals surface area contributed by atoms with Crippen molar-refractivity contribution in [2.75, 3.05) is 0 Å². The highest BCUT2D eigenvalue weighted by atomic mass is 32.2. The van der Waals surface area contributed by atoms with Gasteiger partial charge in [0.05, 0.1) is 0 Å². The molecule has 2 rings (SSSR count). The van der Waals surface area contributed by atoms with Crippen LogP contribution in [-0.4, -0.2) is 16.5 Å². The summed E-state index contributed by atoms with van der Waals surface area (Å²) >= 11 is 2.21. The molecule has 15 heavy (non-hydrogen) atoms. The molecule has 0 saturated heterocycles. The predicted octanol–water partition coefficient (Wildman–Crippen LogP) is 3.57. The van der Waals surface area contributed by atoms with Crippen molar-refractivity contribution in [1.82, 2.24) is 0 Å². The lowest BCUT2D eigenvalue weighted by Gasteiger charge is -2.39. The SMILES string of the molecule is CC1(C)CCC(N)C(SC2CCCC2)C1. The molecule has 2 N–H and O–H groups in total. The molecule has 2 aliphatic rings. The molecule has 0 amide bonds. The molecule has 0 spiro atoms. The summed E-state index contributed by atoms with van der Waals surface area (Å²) in [4.78, 5) is 0. The molecule has 0 aliphatic heterocycles. The molecule has 2 atom stereocenters. The van der Waals surface area contributed by atoms with Gasteiger partial charge in [-0.1, -0.05) is 26.7 Å². The fraction of sp³-hybridized carbons (Fsp3) is 1.00. The van der Waals surface area contributed by atoms with Gasteiger partial charge in [-0.05, 0) is 37.5 Å². The third-order valence-corrected chi connectivity index (χ3v) is 5.78. The predicted molar refractivity (Wildman–Crippen MR) is 69.2 cm³/mol. The fourth-order valence-corrected chi connectivity index (χ4v) is 4.95. The molecule has 2 fully saturated rings. The Morgan fingerprint density at radius 2 is 1.80 bits per heavy atom. The van der Waals surface area contributed by atoms with E-state index in [1.54, 1.807) is 0 Å². The highest BCUT2D eigenvalue weighted by Gasteiger charge is 2.35. The number of hydrogen-bond donors (Lipinski definition) is 1. The summed E-state index contributed by atoms with van der Waals surface area (Å²) < 4.78 is 0. The van der Waals surface area contributed by atoms with E-state index in [1.165, 1.54) is 44.9 Å². The van der Waals surface area contributed by atoms with E-state index in [4.69, 9.17) is 5.73 Å². The Labute approximate surface area is 98.6 Å². The van der Waals surface area contributed by atoms with E-state index in [2.05, 4.69) is 25.6 Å². The molecule has 2 aliphatic carbocycles. The number of thioether (sulfide) groups is 1. The number of hydrogen-bond acceptors (Lipinski definition) is 2. The maximum Gasteiger partial charge on any atom is 0.0206 e. The smallest absolute Gasteiger partial charge is 0.0206 e. The van der Waals surface area contributed by atoms with Crippen LogP contribution >= 0.6 is 11.8 Å². The Kier molecular flexibility index (Phi) is 3.67. The first-order valence-corrected chi connectivity index (χ1v) is 7.42. The van der Waals surface area contributed by atoms with Gasteiger partial charge < -0.3 is 5.73 Å². The van der Waals surface area contributed by atoms with E-state index in [-0.39, 0.29) is 0 Å². The summed E-state index contributed by atoms with van der Waals surface area (Å²) in [7, 11) is 0. The molecule has 0 heterocycles. The largest absolute Gasteiger partial charge is 0.327 e. The van der Waals surface area contributed by atoms with Gasteiger partial charge in [-0.3, -0.25) is 0 Å². The zero-order valence-electron chi connectivity index (χ0n) is 10.2. The van der Waals surface area contributed by atoms with Crippen LogP contribution in [0.25, 0.3) is 0 Å². The van der Waals surface area contributed by atoms with Gasteiger partial charge in [-0.15, -0.1) is 0 Å². The second-order valence-electron chi connectivity index (χ2n) is 6.15. The van der Waals surface area contributed by atoms with Crippen LogP contribution in [0, 0.1) is 5.41 Å². The van der Waals surface area contributed by atoms with Crippen molar-refractivity contribution in [1.29, 1.82) is 0 Å². The lowest BCUT2D eigenvalue weighted by atomic mass is 9.75. The van der Waals surface area contributed by atoms with Crippen LogP contribution in [0.2, 0.25) is 0 Å². The van der Waals surface area contributed by atoms with Crippen LogP contribution in [0.1, 0.15) is 58.8 Å². The van der Waals surface area contributed by atoms with Crippen LogP contribution in [0.3, 0.4) is 0 Å². The topological polar surface area (TPSA) is 26.0 Å². The normalized spacial score (nSPS) is 37.0. The minimum Gasteiger partial charge on any atom is -0.327 e. The minimum atomic E-state index is 0.462. The molecule has 2 saturated carbocycles. The third kappa shape index (κ3) is 3.13. The first-order chi connectivity index (χ1) is 7.07. The first kappa shape index (κ1) is 11.8. The Hall–Kier alpha value is 0.310. The molecule has 1 nitrogen and oxygen atoms in total. The van der Waals surface area contributed by atoms with Gasteiger partial charge in [0.25, 0.3) is 0 Å². The van der Waals surface area contributed by atoms with Crippen LogP contribution < -0.4 is 5.73 Å². The van der Waals surface area contributed by atoms with Gasteiger partial charge >= 0.3 is 0 Å².